The standard InChI is InChI=1S/C22H38ClN5O3S/c23-16-5-4-6-17(13-16)24-21(30)22-26-25-19(32-22)14-31-15-20(29)28-11-9-27(10-12-28)18-7-2-1-3-8-18/h16-19,22,25-26H,1-15H2,(H,24,30). The molecule has 4 aliphatic rings. The van der Waals surface area contributed by atoms with Gasteiger partial charge >= 0.3 is 0 Å². The van der Waals surface area contributed by atoms with Gasteiger partial charge in [0.2, 0.25) is 11.8 Å². The summed E-state index contributed by atoms with van der Waals surface area (Å²) in [6.45, 7) is 4.01. The van der Waals surface area contributed by atoms with Crippen LogP contribution in [0.1, 0.15) is 57.8 Å². The number of hydrogen-bond acceptors (Lipinski definition) is 7. The highest BCUT2D eigenvalue weighted by Crippen LogP contribution is 2.25. The average Bonchev–Trinajstić information content (AvgIpc) is 3.29. The fourth-order valence-electron chi connectivity index (χ4n) is 5.27. The normalized spacial score (nSPS) is 32.7. The van der Waals surface area contributed by atoms with Crippen molar-refractivity contribution in [3.8, 4) is 0 Å². The summed E-state index contributed by atoms with van der Waals surface area (Å²) >= 11 is 7.71. The van der Waals surface area contributed by atoms with Crippen LogP contribution in [0.25, 0.3) is 0 Å². The molecule has 0 aromatic heterocycles. The van der Waals surface area contributed by atoms with Crippen LogP contribution in [-0.2, 0) is 14.3 Å². The fraction of sp³-hybridized carbons (Fsp3) is 0.909. The van der Waals surface area contributed by atoms with Crippen molar-refractivity contribution in [2.75, 3.05) is 39.4 Å². The first-order chi connectivity index (χ1) is 15.6. The zero-order chi connectivity index (χ0) is 22.3. The minimum Gasteiger partial charge on any atom is -0.369 e. The van der Waals surface area contributed by atoms with Gasteiger partial charge in [0.25, 0.3) is 0 Å². The second kappa shape index (κ2) is 12.2. The Morgan fingerprint density at radius 2 is 1.78 bits per heavy atom. The van der Waals surface area contributed by atoms with Crippen LogP contribution < -0.4 is 16.2 Å². The number of alkyl halides is 1. The van der Waals surface area contributed by atoms with E-state index in [2.05, 4.69) is 21.1 Å². The van der Waals surface area contributed by atoms with E-state index in [0.29, 0.717) is 6.61 Å². The van der Waals surface area contributed by atoms with Gasteiger partial charge in [-0.2, -0.15) is 0 Å². The van der Waals surface area contributed by atoms with Crippen LogP contribution in [0.4, 0.5) is 0 Å². The molecule has 10 heteroatoms. The minimum atomic E-state index is -0.358. The first-order valence-corrected chi connectivity index (χ1v) is 13.7. The largest absolute Gasteiger partial charge is 0.369 e. The molecule has 8 nitrogen and oxygen atoms in total. The Morgan fingerprint density at radius 1 is 1.00 bits per heavy atom. The molecule has 4 fully saturated rings. The molecule has 2 aliphatic carbocycles. The third-order valence-corrected chi connectivity index (χ3v) is 8.71. The van der Waals surface area contributed by atoms with E-state index in [9.17, 15) is 9.59 Å². The summed E-state index contributed by atoms with van der Waals surface area (Å²) in [6, 6.07) is 0.877. The molecule has 0 spiro atoms. The minimum absolute atomic E-state index is 0.0207. The van der Waals surface area contributed by atoms with Gasteiger partial charge in [-0.05, 0) is 38.5 Å². The molecule has 2 amide bonds. The third-order valence-electron chi connectivity index (χ3n) is 7.12. The van der Waals surface area contributed by atoms with Gasteiger partial charge in [-0.3, -0.25) is 14.5 Å². The topological polar surface area (TPSA) is 85.9 Å². The average molecular weight is 488 g/mol. The Bertz CT molecular complexity index is 631. The SMILES string of the molecule is O=C(NC1CCCC(Cl)C1)C1NNC(COCC(=O)N2CCN(C3CCCCC3)CC2)S1. The number of nitrogens with one attached hydrogen (secondary N) is 3. The van der Waals surface area contributed by atoms with Crippen LogP contribution in [0.3, 0.4) is 0 Å². The monoisotopic (exact) mass is 487 g/mol. The molecule has 4 unspecified atom stereocenters. The van der Waals surface area contributed by atoms with Crippen LogP contribution in [0.2, 0.25) is 0 Å². The summed E-state index contributed by atoms with van der Waals surface area (Å²) in [4.78, 5) is 29.5. The van der Waals surface area contributed by atoms with Gasteiger partial charge in [-0.1, -0.05) is 19.3 Å². The molecule has 0 aromatic rings. The number of hydrazine groups is 1. The first kappa shape index (κ1) is 24.5. The highest BCUT2D eigenvalue weighted by atomic mass is 35.5. The molecule has 0 bridgehead atoms. The van der Waals surface area contributed by atoms with Gasteiger partial charge in [0.15, 0.2) is 0 Å². The number of piperazine rings is 1. The Hall–Kier alpha value is -0.580. The highest BCUT2D eigenvalue weighted by molar-refractivity contribution is 8.01. The van der Waals surface area contributed by atoms with Crippen molar-refractivity contribution in [2.45, 2.75) is 86.0 Å². The maximum Gasteiger partial charge on any atom is 0.249 e. The van der Waals surface area contributed by atoms with Gasteiger partial charge in [0.1, 0.15) is 12.0 Å². The third kappa shape index (κ3) is 6.96. The number of carbonyl (C=O) groups excluding carboxylic acids is 2. The van der Waals surface area contributed by atoms with E-state index in [1.807, 2.05) is 4.90 Å². The van der Waals surface area contributed by atoms with E-state index in [1.54, 1.807) is 0 Å². The summed E-state index contributed by atoms with van der Waals surface area (Å²) in [5, 5.41) is 2.84. The molecule has 0 radical (unpaired) electrons. The van der Waals surface area contributed by atoms with E-state index in [0.717, 1.165) is 57.9 Å². The number of halogens is 1. The van der Waals surface area contributed by atoms with Crippen LogP contribution >= 0.6 is 23.4 Å². The van der Waals surface area contributed by atoms with Crippen LogP contribution in [0, 0.1) is 0 Å². The molecule has 4 atom stereocenters. The molecule has 2 heterocycles. The van der Waals surface area contributed by atoms with E-state index >= 15 is 0 Å². The molecule has 3 N–H and O–H groups in total. The molecule has 0 aromatic carbocycles. The van der Waals surface area contributed by atoms with Crippen LogP contribution in [0.5, 0.6) is 0 Å². The lowest BCUT2D eigenvalue weighted by Crippen LogP contribution is -2.53. The lowest BCUT2D eigenvalue weighted by molar-refractivity contribution is -0.138. The van der Waals surface area contributed by atoms with Crippen molar-refractivity contribution in [1.29, 1.82) is 0 Å². The molecule has 32 heavy (non-hydrogen) atoms. The maximum atomic E-state index is 12.5. The van der Waals surface area contributed by atoms with Gasteiger partial charge in [-0.15, -0.1) is 23.4 Å². The van der Waals surface area contributed by atoms with Gasteiger partial charge in [0.05, 0.1) is 12.0 Å². The number of hydrogen-bond donors (Lipinski definition) is 3. The summed E-state index contributed by atoms with van der Waals surface area (Å²) < 4.78 is 5.69. The summed E-state index contributed by atoms with van der Waals surface area (Å²) in [6.07, 6.45) is 10.6. The van der Waals surface area contributed by atoms with Crippen LogP contribution in [0.15, 0.2) is 0 Å². The first-order valence-electron chi connectivity index (χ1n) is 12.3. The Kier molecular flexibility index (Phi) is 9.37. The van der Waals surface area contributed by atoms with Gasteiger partial charge in [-0.25, -0.2) is 10.9 Å². The quantitative estimate of drug-likeness (QED) is 0.470. The molecular weight excluding hydrogens is 450 g/mol. The maximum absolute atomic E-state index is 12.5. The number of rotatable bonds is 7. The van der Waals surface area contributed by atoms with Crippen LogP contribution in [-0.4, -0.2) is 89.2 Å². The lowest BCUT2D eigenvalue weighted by atomic mass is 9.94. The van der Waals surface area contributed by atoms with Crippen molar-refractivity contribution in [3.05, 3.63) is 0 Å². The summed E-state index contributed by atoms with van der Waals surface area (Å²) in [7, 11) is 0. The van der Waals surface area contributed by atoms with E-state index in [4.69, 9.17) is 16.3 Å². The second-order valence-corrected chi connectivity index (χ2v) is 11.4. The molecule has 4 rings (SSSR count). The zero-order valence-corrected chi connectivity index (χ0v) is 20.5. The van der Waals surface area contributed by atoms with Gasteiger partial charge < -0.3 is 15.0 Å². The van der Waals surface area contributed by atoms with Crippen molar-refractivity contribution in [3.63, 3.8) is 0 Å². The Balaban J connectivity index is 1.09. The van der Waals surface area contributed by atoms with Crippen molar-refractivity contribution in [1.82, 2.24) is 26.0 Å². The smallest absolute Gasteiger partial charge is 0.249 e. The predicted molar refractivity (Wildman–Crippen MR) is 127 cm³/mol. The van der Waals surface area contributed by atoms with E-state index < -0.39 is 0 Å². The number of carbonyl (C=O) groups is 2. The predicted octanol–water partition coefficient (Wildman–Crippen LogP) is 1.64. The van der Waals surface area contributed by atoms with Crippen molar-refractivity contribution < 1.29 is 14.3 Å². The summed E-state index contributed by atoms with van der Waals surface area (Å²) in [5.41, 5.74) is 6.13. The number of nitrogens with zero attached hydrogens (tertiary/aromatic N) is 2. The zero-order valence-electron chi connectivity index (χ0n) is 18.9. The molecule has 2 saturated carbocycles. The highest BCUT2D eigenvalue weighted by Gasteiger charge is 2.33. The number of amides is 2. The van der Waals surface area contributed by atoms with E-state index in [-0.39, 0.29) is 40.6 Å². The molecule has 2 saturated heterocycles. The molecule has 2 aliphatic heterocycles. The van der Waals surface area contributed by atoms with Crippen molar-refractivity contribution >= 4 is 35.2 Å². The second-order valence-electron chi connectivity index (χ2n) is 9.49. The van der Waals surface area contributed by atoms with Crippen molar-refractivity contribution in [2.24, 2.45) is 0 Å². The van der Waals surface area contributed by atoms with Gasteiger partial charge in [0, 0.05) is 43.6 Å². The number of ether oxygens (including phenoxy) is 1. The summed E-state index contributed by atoms with van der Waals surface area (Å²) in [5.74, 6) is 0.0409. The lowest BCUT2D eigenvalue weighted by Gasteiger charge is -2.40. The fourth-order valence-corrected chi connectivity index (χ4v) is 6.61. The Labute approximate surface area is 200 Å². The molecule has 182 valence electrons. The number of thioether (sulfide) groups is 1. The Morgan fingerprint density at radius 3 is 2.53 bits per heavy atom. The van der Waals surface area contributed by atoms with E-state index in [1.165, 1.54) is 43.9 Å². The molecular formula is C22H38ClN5O3S.